The summed E-state index contributed by atoms with van der Waals surface area (Å²) in [5.74, 6) is 0.946. The average Bonchev–Trinajstić information content (AvgIpc) is 3.30. The van der Waals surface area contributed by atoms with Gasteiger partial charge in [0.05, 0.1) is 6.10 Å². The molecule has 0 radical (unpaired) electrons. The number of piperidine rings is 1. The van der Waals surface area contributed by atoms with Crippen molar-refractivity contribution in [2.45, 2.75) is 38.2 Å². The van der Waals surface area contributed by atoms with Crippen LogP contribution in [0.3, 0.4) is 0 Å². The summed E-state index contributed by atoms with van der Waals surface area (Å²) in [6.45, 7) is 3.16. The number of nitrogens with zero attached hydrogens (tertiary/aromatic N) is 2. The van der Waals surface area contributed by atoms with Gasteiger partial charge in [-0.3, -0.25) is 4.79 Å². The molecule has 3 rings (SSSR count). The Hall–Kier alpha value is -2.26. The van der Waals surface area contributed by atoms with Gasteiger partial charge in [-0.05, 0) is 38.2 Å². The number of nitriles is 1. The fourth-order valence-electron chi connectivity index (χ4n) is 3.10. The van der Waals surface area contributed by atoms with Crippen LogP contribution >= 0.6 is 0 Å². The van der Waals surface area contributed by atoms with Gasteiger partial charge < -0.3 is 19.4 Å². The van der Waals surface area contributed by atoms with Gasteiger partial charge in [0.1, 0.15) is 17.4 Å². The molecular formula is C18H23N3O3. The van der Waals surface area contributed by atoms with Crippen molar-refractivity contribution in [2.75, 3.05) is 31.1 Å². The first-order valence-corrected chi connectivity index (χ1v) is 8.62. The first-order chi connectivity index (χ1) is 11.8. The summed E-state index contributed by atoms with van der Waals surface area (Å²) < 4.78 is 11.2. The number of rotatable bonds is 5. The number of ether oxygens (including phenoxy) is 1. The van der Waals surface area contributed by atoms with E-state index in [1.807, 2.05) is 12.1 Å². The molecule has 2 aliphatic heterocycles. The Bertz CT molecular complexity index is 632. The van der Waals surface area contributed by atoms with Crippen LogP contribution < -0.4 is 10.2 Å². The van der Waals surface area contributed by atoms with Crippen LogP contribution in [0.2, 0.25) is 0 Å². The molecule has 1 amide bonds. The van der Waals surface area contributed by atoms with Crippen molar-refractivity contribution in [1.29, 1.82) is 5.26 Å². The lowest BCUT2D eigenvalue weighted by Gasteiger charge is -2.25. The van der Waals surface area contributed by atoms with E-state index in [-0.39, 0.29) is 17.6 Å². The Balaban J connectivity index is 1.60. The van der Waals surface area contributed by atoms with Crippen molar-refractivity contribution in [2.24, 2.45) is 0 Å². The molecule has 0 bridgehead atoms. The van der Waals surface area contributed by atoms with Gasteiger partial charge >= 0.3 is 0 Å². The van der Waals surface area contributed by atoms with Crippen molar-refractivity contribution in [1.82, 2.24) is 5.32 Å². The van der Waals surface area contributed by atoms with Gasteiger partial charge in [0.15, 0.2) is 5.88 Å². The van der Waals surface area contributed by atoms with E-state index in [0.29, 0.717) is 12.3 Å². The molecule has 2 saturated heterocycles. The van der Waals surface area contributed by atoms with Gasteiger partial charge in [-0.1, -0.05) is 0 Å². The van der Waals surface area contributed by atoms with Crippen LogP contribution in [-0.2, 0) is 9.53 Å². The quantitative estimate of drug-likeness (QED) is 0.663. The van der Waals surface area contributed by atoms with Gasteiger partial charge in [-0.2, -0.15) is 5.26 Å². The molecule has 0 saturated carbocycles. The number of hydrogen-bond donors (Lipinski definition) is 1. The lowest BCUT2D eigenvalue weighted by atomic mass is 10.1. The van der Waals surface area contributed by atoms with Crippen LogP contribution in [0.15, 0.2) is 22.1 Å². The minimum atomic E-state index is -0.385. The second kappa shape index (κ2) is 8.02. The summed E-state index contributed by atoms with van der Waals surface area (Å²) in [4.78, 5) is 14.3. The second-order valence-electron chi connectivity index (χ2n) is 6.24. The number of furan rings is 1. The Labute approximate surface area is 142 Å². The molecule has 0 aliphatic carbocycles. The summed E-state index contributed by atoms with van der Waals surface area (Å²) in [7, 11) is 0. The number of amides is 1. The fourth-order valence-corrected chi connectivity index (χ4v) is 3.10. The number of carbonyl (C=O) groups excluding carboxylic acids is 1. The van der Waals surface area contributed by atoms with Crippen LogP contribution in [0, 0.1) is 11.3 Å². The maximum Gasteiger partial charge on any atom is 0.262 e. The molecule has 2 fully saturated rings. The normalized spacial score (nSPS) is 21.5. The topological polar surface area (TPSA) is 78.5 Å². The van der Waals surface area contributed by atoms with Crippen molar-refractivity contribution in [3.05, 3.63) is 23.5 Å². The number of carbonyl (C=O) groups is 1. The second-order valence-corrected chi connectivity index (χ2v) is 6.24. The monoisotopic (exact) mass is 329 g/mol. The predicted molar refractivity (Wildman–Crippen MR) is 90.3 cm³/mol. The number of anilines is 1. The molecule has 2 aliphatic rings. The molecule has 1 atom stereocenters. The molecule has 6 heteroatoms. The van der Waals surface area contributed by atoms with Crippen LogP contribution in [-0.4, -0.2) is 38.3 Å². The third-order valence-electron chi connectivity index (χ3n) is 4.45. The minimum Gasteiger partial charge on any atom is -0.441 e. The number of nitrogens with one attached hydrogen (secondary N) is 1. The van der Waals surface area contributed by atoms with E-state index < -0.39 is 0 Å². The smallest absolute Gasteiger partial charge is 0.262 e. The molecule has 0 spiro atoms. The third kappa shape index (κ3) is 4.18. The summed E-state index contributed by atoms with van der Waals surface area (Å²) >= 11 is 0. The molecule has 6 nitrogen and oxygen atoms in total. The van der Waals surface area contributed by atoms with E-state index in [0.717, 1.165) is 38.4 Å². The maximum atomic E-state index is 12.1. The van der Waals surface area contributed by atoms with E-state index >= 15 is 0 Å². The summed E-state index contributed by atoms with van der Waals surface area (Å²) in [6.07, 6.45) is 7.12. The Morgan fingerprint density at radius 1 is 1.33 bits per heavy atom. The first-order valence-electron chi connectivity index (χ1n) is 8.62. The van der Waals surface area contributed by atoms with E-state index in [9.17, 15) is 10.1 Å². The van der Waals surface area contributed by atoms with E-state index in [2.05, 4.69) is 10.2 Å². The van der Waals surface area contributed by atoms with Crippen LogP contribution in [0.1, 0.15) is 37.9 Å². The van der Waals surface area contributed by atoms with Crippen LogP contribution in [0.4, 0.5) is 5.88 Å². The van der Waals surface area contributed by atoms with Crippen molar-refractivity contribution in [3.63, 3.8) is 0 Å². The summed E-state index contributed by atoms with van der Waals surface area (Å²) in [5, 5.41) is 12.0. The molecule has 3 heterocycles. The molecule has 1 unspecified atom stereocenters. The van der Waals surface area contributed by atoms with Crippen molar-refractivity contribution in [3.8, 4) is 6.07 Å². The zero-order valence-corrected chi connectivity index (χ0v) is 13.8. The standard InChI is InChI=1S/C18H23N3O3/c19-12-14(18(22)20-13-16-5-4-10-23-16)11-15-6-7-17(24-15)21-8-2-1-3-9-21/h6-7,11,16H,1-5,8-10,13H2,(H,20,22)/b14-11+. The summed E-state index contributed by atoms with van der Waals surface area (Å²) in [5.41, 5.74) is 0.0486. The largest absolute Gasteiger partial charge is 0.441 e. The highest BCUT2D eigenvalue weighted by Crippen LogP contribution is 2.23. The van der Waals surface area contributed by atoms with Crippen LogP contribution in [0.5, 0.6) is 0 Å². The highest BCUT2D eigenvalue weighted by Gasteiger charge is 2.18. The zero-order valence-electron chi connectivity index (χ0n) is 13.8. The molecule has 1 aromatic rings. The average molecular weight is 329 g/mol. The van der Waals surface area contributed by atoms with Gasteiger partial charge in [-0.25, -0.2) is 0 Å². The van der Waals surface area contributed by atoms with Gasteiger partial charge in [0, 0.05) is 38.4 Å². The maximum absolute atomic E-state index is 12.1. The molecule has 24 heavy (non-hydrogen) atoms. The first kappa shape index (κ1) is 16.6. The summed E-state index contributed by atoms with van der Waals surface area (Å²) in [6, 6.07) is 5.65. The number of hydrogen-bond acceptors (Lipinski definition) is 5. The van der Waals surface area contributed by atoms with E-state index in [1.165, 1.54) is 25.3 Å². The molecule has 1 aromatic heterocycles. The highest BCUT2D eigenvalue weighted by molar-refractivity contribution is 6.01. The van der Waals surface area contributed by atoms with E-state index in [4.69, 9.17) is 9.15 Å². The third-order valence-corrected chi connectivity index (χ3v) is 4.45. The molecule has 1 N–H and O–H groups in total. The van der Waals surface area contributed by atoms with Gasteiger partial charge in [0.25, 0.3) is 5.91 Å². The predicted octanol–water partition coefficient (Wildman–Crippen LogP) is 2.47. The Kier molecular flexibility index (Phi) is 5.55. The van der Waals surface area contributed by atoms with Gasteiger partial charge in [0.2, 0.25) is 0 Å². The fraction of sp³-hybridized carbons (Fsp3) is 0.556. The SMILES string of the molecule is N#C/C(=C\c1ccc(N2CCCCC2)o1)C(=O)NCC1CCCO1. The minimum absolute atomic E-state index is 0.0486. The van der Waals surface area contributed by atoms with Crippen molar-refractivity contribution >= 4 is 17.9 Å². The van der Waals surface area contributed by atoms with Crippen molar-refractivity contribution < 1.29 is 13.9 Å². The Morgan fingerprint density at radius 3 is 2.88 bits per heavy atom. The molecule has 128 valence electrons. The van der Waals surface area contributed by atoms with Crippen LogP contribution in [0.25, 0.3) is 6.08 Å². The molecular weight excluding hydrogens is 306 g/mol. The zero-order chi connectivity index (χ0) is 16.8. The lowest BCUT2D eigenvalue weighted by Crippen LogP contribution is -2.32. The Morgan fingerprint density at radius 2 is 2.17 bits per heavy atom. The molecule has 0 aromatic carbocycles. The van der Waals surface area contributed by atoms with E-state index in [1.54, 1.807) is 6.07 Å². The highest BCUT2D eigenvalue weighted by atomic mass is 16.5. The van der Waals surface area contributed by atoms with Gasteiger partial charge in [-0.15, -0.1) is 0 Å². The lowest BCUT2D eigenvalue weighted by molar-refractivity contribution is -0.117.